The van der Waals surface area contributed by atoms with Crippen LogP contribution in [-0.4, -0.2) is 47.0 Å². The van der Waals surface area contributed by atoms with Crippen molar-refractivity contribution in [3.8, 4) is 5.75 Å². The summed E-state index contributed by atoms with van der Waals surface area (Å²) in [5.74, 6) is 0.409. The van der Waals surface area contributed by atoms with Crippen LogP contribution in [0, 0.1) is 0 Å². The predicted molar refractivity (Wildman–Crippen MR) is 96.4 cm³/mol. The molecule has 1 aromatic heterocycles. The smallest absolute Gasteiger partial charge is 0.410 e. The maximum atomic E-state index is 13.8. The molecule has 1 aromatic carbocycles. The third kappa shape index (κ3) is 3.29. The highest BCUT2D eigenvalue weighted by molar-refractivity contribution is 5.99. The van der Waals surface area contributed by atoms with Crippen molar-refractivity contribution in [3.05, 3.63) is 41.6 Å². The molecule has 1 N–H and O–H groups in total. The molecule has 4 rings (SSSR count). The average Bonchev–Trinajstić information content (AvgIpc) is 3.36. The Kier molecular flexibility index (Phi) is 4.68. The Morgan fingerprint density at radius 2 is 2.04 bits per heavy atom. The van der Waals surface area contributed by atoms with E-state index in [1.807, 2.05) is 0 Å². The highest BCUT2D eigenvalue weighted by Gasteiger charge is 2.47. The maximum absolute atomic E-state index is 13.8. The fourth-order valence-corrected chi connectivity index (χ4v) is 3.89. The van der Waals surface area contributed by atoms with Gasteiger partial charge in [-0.15, -0.1) is 0 Å². The minimum Gasteiger partial charge on any atom is -0.497 e. The van der Waals surface area contributed by atoms with Gasteiger partial charge in [0.2, 0.25) is 0 Å². The van der Waals surface area contributed by atoms with Crippen LogP contribution in [0.4, 0.5) is 19.0 Å². The van der Waals surface area contributed by atoms with E-state index < -0.39 is 18.3 Å². The number of ether oxygens (including phenoxy) is 1. The molecule has 0 radical (unpaired) electrons. The number of amides is 1. The van der Waals surface area contributed by atoms with E-state index in [1.54, 1.807) is 29.2 Å². The van der Waals surface area contributed by atoms with Gasteiger partial charge in [0.05, 0.1) is 19.3 Å². The number of halogens is 3. The lowest BCUT2D eigenvalue weighted by molar-refractivity contribution is -0.173. The lowest BCUT2D eigenvalue weighted by Gasteiger charge is -2.34. The standard InChI is InChI=1S/C19H21F3N4O2/c1-28-13-6-4-5-12(9-13)15-10-16(19(20,21)22)26-17(24-15)14(11-23-26)18(27)25-7-2-3-8-25/h4-6,9,11,15-16,24H,2-3,7-8,10H2,1H3. The second-order valence-electron chi connectivity index (χ2n) is 7.12. The topological polar surface area (TPSA) is 59.4 Å². The number of carbonyl (C=O) groups is 1. The van der Waals surface area contributed by atoms with Gasteiger partial charge in [-0.3, -0.25) is 4.79 Å². The summed E-state index contributed by atoms with van der Waals surface area (Å²) in [7, 11) is 1.51. The van der Waals surface area contributed by atoms with E-state index in [0.717, 1.165) is 17.5 Å². The van der Waals surface area contributed by atoms with Gasteiger partial charge in [-0.2, -0.15) is 18.3 Å². The summed E-state index contributed by atoms with van der Waals surface area (Å²) < 4.78 is 47.4. The third-order valence-corrected chi connectivity index (χ3v) is 5.36. The van der Waals surface area contributed by atoms with Gasteiger partial charge in [0.25, 0.3) is 5.91 Å². The fourth-order valence-electron chi connectivity index (χ4n) is 3.89. The van der Waals surface area contributed by atoms with Crippen LogP contribution in [0.25, 0.3) is 0 Å². The molecule has 9 heteroatoms. The molecular formula is C19H21F3N4O2. The van der Waals surface area contributed by atoms with Crippen molar-refractivity contribution in [3.63, 3.8) is 0 Å². The molecule has 0 spiro atoms. The van der Waals surface area contributed by atoms with Crippen molar-refractivity contribution in [1.29, 1.82) is 0 Å². The second kappa shape index (κ2) is 7.03. The summed E-state index contributed by atoms with van der Waals surface area (Å²) in [6, 6.07) is 4.51. The lowest BCUT2D eigenvalue weighted by atomic mass is 9.96. The van der Waals surface area contributed by atoms with Crippen LogP contribution in [-0.2, 0) is 0 Å². The van der Waals surface area contributed by atoms with Gasteiger partial charge < -0.3 is 15.0 Å². The number of benzene rings is 1. The molecule has 0 saturated carbocycles. The Morgan fingerprint density at radius 1 is 1.29 bits per heavy atom. The zero-order chi connectivity index (χ0) is 19.9. The number of methoxy groups -OCH3 is 1. The van der Waals surface area contributed by atoms with Gasteiger partial charge in [0.15, 0.2) is 6.04 Å². The van der Waals surface area contributed by atoms with Crippen molar-refractivity contribution >= 4 is 11.7 Å². The zero-order valence-corrected chi connectivity index (χ0v) is 15.4. The number of nitrogens with one attached hydrogen (secondary N) is 1. The van der Waals surface area contributed by atoms with Crippen LogP contribution in [0.15, 0.2) is 30.5 Å². The number of alkyl halides is 3. The van der Waals surface area contributed by atoms with Gasteiger partial charge in [0.1, 0.15) is 17.1 Å². The summed E-state index contributed by atoms with van der Waals surface area (Å²) in [6.45, 7) is 1.23. The number of carbonyl (C=O) groups excluding carboxylic acids is 1. The van der Waals surface area contributed by atoms with Crippen molar-refractivity contribution in [2.24, 2.45) is 0 Å². The highest BCUT2D eigenvalue weighted by Crippen LogP contribution is 2.44. The first-order chi connectivity index (χ1) is 13.4. The molecule has 150 valence electrons. The normalized spacial score (nSPS) is 21.9. The number of aromatic nitrogens is 2. The van der Waals surface area contributed by atoms with Crippen LogP contribution in [0.2, 0.25) is 0 Å². The first kappa shape index (κ1) is 18.6. The third-order valence-electron chi connectivity index (χ3n) is 5.36. The number of fused-ring (bicyclic) bond motifs is 1. The number of hydrogen-bond acceptors (Lipinski definition) is 4. The molecule has 0 aliphatic carbocycles. The van der Waals surface area contributed by atoms with E-state index >= 15 is 0 Å². The second-order valence-corrected chi connectivity index (χ2v) is 7.12. The van der Waals surface area contributed by atoms with Crippen molar-refractivity contribution < 1.29 is 22.7 Å². The molecule has 2 aliphatic rings. The van der Waals surface area contributed by atoms with Gasteiger partial charge in [0, 0.05) is 19.5 Å². The molecule has 2 aliphatic heterocycles. The summed E-state index contributed by atoms with van der Waals surface area (Å²) in [5, 5.41) is 7.04. The van der Waals surface area contributed by atoms with E-state index in [4.69, 9.17) is 4.74 Å². The number of nitrogens with zero attached hydrogens (tertiary/aromatic N) is 3. The van der Waals surface area contributed by atoms with E-state index in [9.17, 15) is 18.0 Å². The van der Waals surface area contributed by atoms with Crippen molar-refractivity contribution in [1.82, 2.24) is 14.7 Å². The van der Waals surface area contributed by atoms with Gasteiger partial charge in [-0.25, -0.2) is 4.68 Å². The highest BCUT2D eigenvalue weighted by atomic mass is 19.4. The molecule has 28 heavy (non-hydrogen) atoms. The number of anilines is 1. The molecule has 1 saturated heterocycles. The lowest BCUT2D eigenvalue weighted by Crippen LogP contribution is -2.36. The van der Waals surface area contributed by atoms with Crippen molar-refractivity contribution in [2.45, 2.75) is 37.5 Å². The molecule has 2 aromatic rings. The first-order valence-corrected chi connectivity index (χ1v) is 9.22. The monoisotopic (exact) mass is 394 g/mol. The minimum atomic E-state index is -4.48. The van der Waals surface area contributed by atoms with E-state index in [0.29, 0.717) is 24.4 Å². The molecule has 1 amide bonds. The van der Waals surface area contributed by atoms with Gasteiger partial charge in [-0.1, -0.05) is 12.1 Å². The molecule has 1 fully saturated rings. The first-order valence-electron chi connectivity index (χ1n) is 9.22. The fraction of sp³-hybridized carbons (Fsp3) is 0.474. The van der Waals surface area contributed by atoms with Crippen LogP contribution in [0.1, 0.15) is 47.3 Å². The predicted octanol–water partition coefficient (Wildman–Crippen LogP) is 3.79. The SMILES string of the molecule is COc1cccc(C2CC(C(F)(F)F)n3ncc(C(=O)N4CCCC4)c3N2)c1. The largest absolute Gasteiger partial charge is 0.497 e. The Balaban J connectivity index is 1.73. The molecule has 0 bridgehead atoms. The molecule has 2 atom stereocenters. The van der Waals surface area contributed by atoms with Gasteiger partial charge in [-0.05, 0) is 30.5 Å². The Bertz CT molecular complexity index is 874. The van der Waals surface area contributed by atoms with Crippen LogP contribution in [0.3, 0.4) is 0 Å². The molecule has 3 heterocycles. The minimum absolute atomic E-state index is 0.123. The van der Waals surface area contributed by atoms with E-state index in [-0.39, 0.29) is 23.7 Å². The number of hydrogen-bond donors (Lipinski definition) is 1. The van der Waals surface area contributed by atoms with Crippen molar-refractivity contribution in [2.75, 3.05) is 25.5 Å². The average molecular weight is 394 g/mol. The summed E-state index contributed by atoms with van der Waals surface area (Å²) in [5.41, 5.74) is 0.851. The zero-order valence-electron chi connectivity index (χ0n) is 15.4. The summed E-state index contributed by atoms with van der Waals surface area (Å²) >= 11 is 0. The van der Waals surface area contributed by atoms with Crippen LogP contribution in [0.5, 0.6) is 5.75 Å². The van der Waals surface area contributed by atoms with E-state index in [1.165, 1.54) is 13.3 Å². The van der Waals surface area contributed by atoms with Crippen LogP contribution >= 0.6 is 0 Å². The van der Waals surface area contributed by atoms with E-state index in [2.05, 4.69) is 10.4 Å². The molecular weight excluding hydrogens is 373 g/mol. The van der Waals surface area contributed by atoms with Crippen LogP contribution < -0.4 is 10.1 Å². The molecule has 2 unspecified atom stereocenters. The maximum Gasteiger partial charge on any atom is 0.410 e. The Hall–Kier alpha value is -2.71. The number of likely N-dealkylation sites (tertiary alicyclic amines) is 1. The summed E-state index contributed by atoms with van der Waals surface area (Å²) in [6.07, 6.45) is -1.65. The number of rotatable bonds is 3. The quantitative estimate of drug-likeness (QED) is 0.861. The summed E-state index contributed by atoms with van der Waals surface area (Å²) in [4.78, 5) is 14.5. The Labute approximate surface area is 160 Å². The van der Waals surface area contributed by atoms with Gasteiger partial charge >= 0.3 is 6.18 Å². The molecule has 6 nitrogen and oxygen atoms in total. The Morgan fingerprint density at radius 3 is 2.71 bits per heavy atom.